The monoisotopic (exact) mass is 811 g/mol. The molecule has 0 fully saturated rings. The van der Waals surface area contributed by atoms with Crippen molar-refractivity contribution in [3.63, 3.8) is 0 Å². The fraction of sp³-hybridized carbons (Fsp3) is 0.100. The molecule has 2 heteroatoms. The Bertz CT molecular complexity index is 3420. The molecule has 0 saturated heterocycles. The zero-order valence-corrected chi connectivity index (χ0v) is 36.2. The predicted molar refractivity (Wildman–Crippen MR) is 265 cm³/mol. The third-order valence-corrected chi connectivity index (χ3v) is 15.1. The molecule has 0 aliphatic heterocycles. The summed E-state index contributed by atoms with van der Waals surface area (Å²) < 4.78 is 2.62. The van der Waals surface area contributed by atoms with Crippen molar-refractivity contribution in [2.45, 2.75) is 38.5 Å². The molecule has 0 saturated carbocycles. The van der Waals surface area contributed by atoms with Crippen molar-refractivity contribution >= 4 is 48.6 Å². The molecule has 1 aromatic heterocycles. The van der Waals surface area contributed by atoms with Gasteiger partial charge in [-0.3, -0.25) is 0 Å². The van der Waals surface area contributed by atoms with Crippen LogP contribution in [0.4, 0.5) is 17.1 Å². The second-order valence-electron chi connectivity index (χ2n) is 18.0. The van der Waals surface area contributed by atoms with Crippen LogP contribution in [0.25, 0.3) is 75.8 Å². The van der Waals surface area contributed by atoms with Crippen molar-refractivity contribution < 1.29 is 0 Å². The Morgan fingerprint density at radius 2 is 0.855 bits per heavy atom. The fourth-order valence-corrected chi connectivity index (χ4v) is 12.2. The standard InChI is InChI=1S/C60H45NS/c1-59(2)51-29-11-6-22-49(51)56-45(24-17-30-52(56)59)42-19-7-12-31-53(42)61(54-32-13-8-20-43(54)47-26-16-27-48-44-21-9-14-33-55(44)62-58(47)48)39-36-34-38(35-37-39)40-23-15-25-46-41-18-5-10-28-50(41)60(3,4)57(40)46/h5-37H,1-4H3. The molecule has 62 heavy (non-hydrogen) atoms. The van der Waals surface area contributed by atoms with Gasteiger partial charge in [0, 0.05) is 53.4 Å². The maximum absolute atomic E-state index is 2.52. The van der Waals surface area contributed by atoms with Crippen molar-refractivity contribution in [1.29, 1.82) is 0 Å². The Hall–Kier alpha value is -7.00. The molecule has 0 unspecified atom stereocenters. The Labute approximate surface area is 368 Å². The molecule has 12 rings (SSSR count). The lowest BCUT2D eigenvalue weighted by Crippen LogP contribution is -2.16. The lowest BCUT2D eigenvalue weighted by molar-refractivity contribution is 0.660. The van der Waals surface area contributed by atoms with Crippen molar-refractivity contribution in [1.82, 2.24) is 0 Å². The highest BCUT2D eigenvalue weighted by Crippen LogP contribution is 2.56. The van der Waals surface area contributed by atoms with Gasteiger partial charge >= 0.3 is 0 Å². The Balaban J connectivity index is 1.08. The number of hydrogen-bond donors (Lipinski definition) is 0. The minimum atomic E-state index is -0.109. The first-order valence-electron chi connectivity index (χ1n) is 21.8. The highest BCUT2D eigenvalue weighted by molar-refractivity contribution is 7.26. The van der Waals surface area contributed by atoms with Gasteiger partial charge in [-0.25, -0.2) is 0 Å². The molecule has 10 aromatic rings. The van der Waals surface area contributed by atoms with E-state index in [0.717, 1.165) is 17.1 Å². The quantitative estimate of drug-likeness (QED) is 0.162. The molecule has 0 amide bonds. The largest absolute Gasteiger partial charge is 0.309 e. The van der Waals surface area contributed by atoms with Crippen LogP contribution in [0.5, 0.6) is 0 Å². The number of anilines is 3. The van der Waals surface area contributed by atoms with Gasteiger partial charge in [0.2, 0.25) is 0 Å². The summed E-state index contributed by atoms with van der Waals surface area (Å²) in [6, 6.07) is 74.7. The first-order valence-corrected chi connectivity index (χ1v) is 22.6. The van der Waals surface area contributed by atoms with E-state index in [-0.39, 0.29) is 10.8 Å². The van der Waals surface area contributed by atoms with Gasteiger partial charge in [-0.05, 0) is 91.5 Å². The number of hydrogen-bond acceptors (Lipinski definition) is 2. The van der Waals surface area contributed by atoms with E-state index in [4.69, 9.17) is 0 Å². The average Bonchev–Trinajstić information content (AvgIpc) is 3.90. The highest BCUT2D eigenvalue weighted by atomic mass is 32.1. The van der Waals surface area contributed by atoms with Gasteiger partial charge in [0.1, 0.15) is 0 Å². The average molecular weight is 812 g/mol. The van der Waals surface area contributed by atoms with Crippen LogP contribution in [0.3, 0.4) is 0 Å². The molecule has 2 aliphatic carbocycles. The summed E-state index contributed by atoms with van der Waals surface area (Å²) in [5.41, 5.74) is 21.5. The minimum Gasteiger partial charge on any atom is -0.309 e. The van der Waals surface area contributed by atoms with Crippen LogP contribution in [0, 0.1) is 0 Å². The normalized spacial score (nSPS) is 14.1. The first kappa shape index (κ1) is 36.8. The van der Waals surface area contributed by atoms with Gasteiger partial charge in [-0.2, -0.15) is 0 Å². The molecule has 0 bridgehead atoms. The molecular weight excluding hydrogens is 767 g/mol. The summed E-state index contributed by atoms with van der Waals surface area (Å²) >= 11 is 1.89. The molecule has 0 atom stereocenters. The second-order valence-corrected chi connectivity index (χ2v) is 19.0. The Morgan fingerprint density at radius 1 is 0.355 bits per heavy atom. The summed E-state index contributed by atoms with van der Waals surface area (Å²) in [6.45, 7) is 9.49. The van der Waals surface area contributed by atoms with Crippen molar-refractivity contribution in [2.24, 2.45) is 0 Å². The third kappa shape index (κ3) is 5.33. The number of para-hydroxylation sites is 2. The third-order valence-electron chi connectivity index (χ3n) is 13.9. The van der Waals surface area contributed by atoms with Crippen molar-refractivity contribution in [3.8, 4) is 55.6 Å². The zero-order chi connectivity index (χ0) is 41.7. The molecule has 1 nitrogen and oxygen atoms in total. The Kier molecular flexibility index (Phi) is 8.17. The van der Waals surface area contributed by atoms with Crippen LogP contribution in [0.15, 0.2) is 200 Å². The fourth-order valence-electron chi connectivity index (χ4n) is 11.0. The van der Waals surface area contributed by atoms with Crippen LogP contribution < -0.4 is 4.90 Å². The summed E-state index contributed by atoms with van der Waals surface area (Å²) in [4.78, 5) is 2.52. The van der Waals surface area contributed by atoms with Gasteiger partial charge < -0.3 is 4.90 Å². The van der Waals surface area contributed by atoms with E-state index < -0.39 is 0 Å². The topological polar surface area (TPSA) is 3.24 Å². The van der Waals surface area contributed by atoms with Crippen LogP contribution >= 0.6 is 11.3 Å². The summed E-state index contributed by atoms with van der Waals surface area (Å²) in [7, 11) is 0. The molecule has 0 spiro atoms. The van der Waals surface area contributed by atoms with E-state index >= 15 is 0 Å². The van der Waals surface area contributed by atoms with E-state index in [0.29, 0.717) is 0 Å². The number of thiophene rings is 1. The molecule has 0 radical (unpaired) electrons. The van der Waals surface area contributed by atoms with Gasteiger partial charge in [0.15, 0.2) is 0 Å². The van der Waals surface area contributed by atoms with Crippen LogP contribution in [-0.2, 0) is 10.8 Å². The van der Waals surface area contributed by atoms with Gasteiger partial charge in [-0.15, -0.1) is 11.3 Å². The van der Waals surface area contributed by atoms with E-state index in [1.165, 1.54) is 98.1 Å². The number of fused-ring (bicyclic) bond motifs is 9. The van der Waals surface area contributed by atoms with Crippen molar-refractivity contribution in [2.75, 3.05) is 4.90 Å². The molecular formula is C60H45NS. The SMILES string of the molecule is CC1(C)c2ccccc2-c2c(-c3ccccc3N(c3ccc(-c4cccc5c4C(C)(C)c4ccccc4-5)cc3)c3ccccc3-c3cccc4c3sc3ccccc34)cccc21. The predicted octanol–water partition coefficient (Wildman–Crippen LogP) is 17.1. The van der Waals surface area contributed by atoms with Crippen molar-refractivity contribution in [3.05, 3.63) is 222 Å². The lowest BCUT2D eigenvalue weighted by Gasteiger charge is -2.31. The van der Waals surface area contributed by atoms with Crippen LogP contribution in [-0.4, -0.2) is 0 Å². The Morgan fingerprint density at radius 3 is 1.61 bits per heavy atom. The minimum absolute atomic E-state index is 0.102. The molecule has 0 N–H and O–H groups in total. The smallest absolute Gasteiger partial charge is 0.0540 e. The van der Waals surface area contributed by atoms with E-state index in [9.17, 15) is 0 Å². The highest BCUT2D eigenvalue weighted by Gasteiger charge is 2.38. The molecule has 1 heterocycles. The van der Waals surface area contributed by atoms with Gasteiger partial charge in [-0.1, -0.05) is 198 Å². The molecule has 296 valence electrons. The van der Waals surface area contributed by atoms with Gasteiger partial charge in [0.05, 0.1) is 11.4 Å². The molecule has 9 aromatic carbocycles. The number of rotatable bonds is 6. The maximum atomic E-state index is 2.52. The lowest BCUT2D eigenvalue weighted by atomic mass is 9.79. The second kappa shape index (κ2) is 13.8. The zero-order valence-electron chi connectivity index (χ0n) is 35.4. The van der Waals surface area contributed by atoms with E-state index in [1.54, 1.807) is 0 Å². The first-order chi connectivity index (χ1) is 30.3. The molecule has 2 aliphatic rings. The number of nitrogens with zero attached hydrogens (tertiary/aromatic N) is 1. The number of benzene rings is 9. The summed E-state index contributed by atoms with van der Waals surface area (Å²) in [6.07, 6.45) is 0. The maximum Gasteiger partial charge on any atom is 0.0540 e. The summed E-state index contributed by atoms with van der Waals surface area (Å²) in [5.74, 6) is 0. The van der Waals surface area contributed by atoms with Crippen LogP contribution in [0.2, 0.25) is 0 Å². The van der Waals surface area contributed by atoms with Gasteiger partial charge in [0.25, 0.3) is 0 Å². The summed E-state index contributed by atoms with van der Waals surface area (Å²) in [5, 5.41) is 2.61. The van der Waals surface area contributed by atoms with E-state index in [2.05, 4.69) is 233 Å². The van der Waals surface area contributed by atoms with E-state index in [1.807, 2.05) is 11.3 Å². The van der Waals surface area contributed by atoms with Crippen LogP contribution in [0.1, 0.15) is 49.9 Å².